The van der Waals surface area contributed by atoms with Crippen molar-refractivity contribution in [3.8, 4) is 22.9 Å². The first kappa shape index (κ1) is 33.5. The van der Waals surface area contributed by atoms with Gasteiger partial charge < -0.3 is 9.47 Å². The minimum absolute atomic E-state index is 0.00876. The van der Waals surface area contributed by atoms with E-state index in [1.807, 2.05) is 50.2 Å². The number of hydrogen-bond acceptors (Lipinski definition) is 7. The maximum absolute atomic E-state index is 14.0. The molecule has 5 rings (SSSR count). The summed E-state index contributed by atoms with van der Waals surface area (Å²) in [4.78, 5) is 30.5. The molecule has 236 valence electrons. The first-order valence-electron chi connectivity index (χ1n) is 14.4. The smallest absolute Gasteiger partial charge is 0.312 e. The summed E-state index contributed by atoms with van der Waals surface area (Å²) in [5.74, 6) is 1.25. The molecule has 0 saturated heterocycles. The van der Waals surface area contributed by atoms with Gasteiger partial charge in [-0.2, -0.15) is 9.78 Å². The molecule has 4 aromatic carbocycles. The number of nitro benzene ring substituents is 1. The van der Waals surface area contributed by atoms with Crippen LogP contribution < -0.4 is 15.0 Å². The van der Waals surface area contributed by atoms with E-state index < -0.39 is 4.92 Å². The number of benzene rings is 4. The van der Waals surface area contributed by atoms with Gasteiger partial charge in [-0.3, -0.25) is 14.9 Å². The van der Waals surface area contributed by atoms with Crippen molar-refractivity contribution in [3.63, 3.8) is 0 Å². The fourth-order valence-corrected chi connectivity index (χ4v) is 6.60. The number of para-hydroxylation sites is 1. The Labute approximate surface area is 290 Å². The molecule has 0 fully saturated rings. The Kier molecular flexibility index (Phi) is 10.4. The molecule has 12 heteroatoms. The lowest BCUT2D eigenvalue weighted by atomic mass is 9.96. The second-order valence-corrected chi connectivity index (χ2v) is 13.4. The van der Waals surface area contributed by atoms with Crippen molar-refractivity contribution in [2.24, 2.45) is 5.10 Å². The van der Waals surface area contributed by atoms with Crippen molar-refractivity contribution in [1.82, 2.24) is 9.66 Å². The van der Waals surface area contributed by atoms with Crippen LogP contribution in [0.5, 0.6) is 11.5 Å². The third-order valence-electron chi connectivity index (χ3n) is 7.23. The molecule has 0 amide bonds. The van der Waals surface area contributed by atoms with E-state index >= 15 is 0 Å². The van der Waals surface area contributed by atoms with Crippen molar-refractivity contribution in [2.45, 2.75) is 40.2 Å². The van der Waals surface area contributed by atoms with Crippen molar-refractivity contribution in [2.75, 3.05) is 6.61 Å². The Hall–Kier alpha value is -3.87. The van der Waals surface area contributed by atoms with Crippen LogP contribution in [0.2, 0.25) is 0 Å². The van der Waals surface area contributed by atoms with Gasteiger partial charge in [0.05, 0.1) is 28.6 Å². The highest BCUT2D eigenvalue weighted by atomic mass is 79.9. The highest BCUT2D eigenvalue weighted by molar-refractivity contribution is 9.11. The first-order valence-corrected chi connectivity index (χ1v) is 16.7. The molecule has 46 heavy (non-hydrogen) atoms. The van der Waals surface area contributed by atoms with E-state index in [1.54, 1.807) is 24.3 Å². The molecule has 0 N–H and O–H groups in total. The molecule has 5 aromatic rings. The lowest BCUT2D eigenvalue weighted by Crippen LogP contribution is -2.21. The maximum atomic E-state index is 14.0. The van der Waals surface area contributed by atoms with E-state index in [9.17, 15) is 14.9 Å². The summed E-state index contributed by atoms with van der Waals surface area (Å²) in [6.45, 7) is 8.58. The molecule has 0 aliphatic carbocycles. The van der Waals surface area contributed by atoms with Gasteiger partial charge in [0.25, 0.3) is 5.56 Å². The molecule has 9 nitrogen and oxygen atoms in total. The lowest BCUT2D eigenvalue weighted by molar-refractivity contribution is -0.386. The zero-order valence-corrected chi connectivity index (χ0v) is 30.1. The predicted molar refractivity (Wildman–Crippen MR) is 191 cm³/mol. The molecular weight excluding hydrogens is 784 g/mol. The Morgan fingerprint density at radius 2 is 1.78 bits per heavy atom. The van der Waals surface area contributed by atoms with Crippen LogP contribution in [0.25, 0.3) is 22.3 Å². The second kappa shape index (κ2) is 14.3. The Balaban J connectivity index is 1.69. The number of nitro groups is 1. The molecule has 1 heterocycles. The van der Waals surface area contributed by atoms with Crippen LogP contribution in [0.1, 0.15) is 48.9 Å². The SMILES string of the molecule is CCOc1cc(C)c(-c2nc3ccccc3c(=O)n2N=Cc2cc(Br)cc([N+](=O)[O-])c2OCc2ccc(Br)cc2Br)cc1C(C)C. The quantitative estimate of drug-likeness (QED) is 0.0790. The predicted octanol–water partition coefficient (Wildman–Crippen LogP) is 9.55. The van der Waals surface area contributed by atoms with Gasteiger partial charge in [0, 0.05) is 36.2 Å². The molecule has 0 spiro atoms. The van der Waals surface area contributed by atoms with Crippen molar-refractivity contribution in [1.29, 1.82) is 0 Å². The van der Waals surface area contributed by atoms with Gasteiger partial charge in [0.15, 0.2) is 5.82 Å². The summed E-state index contributed by atoms with van der Waals surface area (Å²) in [7, 11) is 0. The number of hydrogen-bond donors (Lipinski definition) is 0. The number of ether oxygens (including phenoxy) is 2. The van der Waals surface area contributed by atoms with Crippen molar-refractivity contribution < 1.29 is 14.4 Å². The van der Waals surface area contributed by atoms with Gasteiger partial charge >= 0.3 is 5.69 Å². The summed E-state index contributed by atoms with van der Waals surface area (Å²) >= 11 is 10.3. The first-order chi connectivity index (χ1) is 22.0. The second-order valence-electron chi connectivity index (χ2n) is 10.7. The average Bonchev–Trinajstić information content (AvgIpc) is 3.00. The monoisotopic (exact) mass is 810 g/mol. The van der Waals surface area contributed by atoms with Crippen LogP contribution in [0.3, 0.4) is 0 Å². The molecule has 1 aromatic heterocycles. The molecule has 0 bridgehead atoms. The standard InChI is InChI=1S/C34H29Br3N4O5/c1-5-45-31-12-20(4)27(16-26(31)19(2)3)33-39-29-9-7-6-8-25(29)34(42)40(33)38-17-22-13-24(36)15-30(41(43)44)32(22)46-18-21-10-11-23(35)14-28(21)37/h6-17,19H,5,18H2,1-4H3. The van der Waals surface area contributed by atoms with E-state index in [-0.39, 0.29) is 29.5 Å². The molecule has 0 saturated carbocycles. The zero-order chi connectivity index (χ0) is 33.1. The van der Waals surface area contributed by atoms with Crippen LogP contribution >= 0.6 is 47.8 Å². The number of nitrogens with zero attached hydrogens (tertiary/aromatic N) is 4. The van der Waals surface area contributed by atoms with Crippen molar-refractivity contribution in [3.05, 3.63) is 123 Å². The third-order valence-corrected chi connectivity index (χ3v) is 8.92. The lowest BCUT2D eigenvalue weighted by Gasteiger charge is -2.18. The van der Waals surface area contributed by atoms with Gasteiger partial charge in [-0.1, -0.05) is 79.8 Å². The molecule has 0 unspecified atom stereocenters. The normalized spacial score (nSPS) is 11.5. The van der Waals surface area contributed by atoms with E-state index in [2.05, 4.69) is 66.7 Å². The fourth-order valence-electron chi connectivity index (χ4n) is 4.97. The molecule has 0 atom stereocenters. The minimum atomic E-state index is -0.514. The Morgan fingerprint density at radius 3 is 2.48 bits per heavy atom. The van der Waals surface area contributed by atoms with E-state index in [0.717, 1.165) is 31.4 Å². The minimum Gasteiger partial charge on any atom is -0.494 e. The van der Waals surface area contributed by atoms with Crippen LogP contribution in [-0.4, -0.2) is 27.4 Å². The number of aromatic nitrogens is 2. The highest BCUT2D eigenvalue weighted by Crippen LogP contribution is 2.36. The van der Waals surface area contributed by atoms with E-state index in [1.165, 1.54) is 17.0 Å². The highest BCUT2D eigenvalue weighted by Gasteiger charge is 2.22. The van der Waals surface area contributed by atoms with Crippen LogP contribution in [0, 0.1) is 17.0 Å². The van der Waals surface area contributed by atoms with Crippen LogP contribution in [0.15, 0.2) is 90.0 Å². The Bertz CT molecular complexity index is 2060. The van der Waals surface area contributed by atoms with Crippen LogP contribution in [0.4, 0.5) is 5.69 Å². The molecule has 0 aliphatic heterocycles. The van der Waals surface area contributed by atoms with Gasteiger partial charge in [-0.25, -0.2) is 4.98 Å². The summed E-state index contributed by atoms with van der Waals surface area (Å²) in [6, 6.07) is 19.6. The largest absolute Gasteiger partial charge is 0.494 e. The van der Waals surface area contributed by atoms with Gasteiger partial charge in [-0.15, -0.1) is 0 Å². The summed E-state index contributed by atoms with van der Waals surface area (Å²) in [6.07, 6.45) is 1.39. The average molecular weight is 813 g/mol. The summed E-state index contributed by atoms with van der Waals surface area (Å²) < 4.78 is 15.3. The van der Waals surface area contributed by atoms with Crippen molar-refractivity contribution >= 4 is 70.6 Å². The Morgan fingerprint density at radius 1 is 1.02 bits per heavy atom. The number of halogens is 3. The van der Waals surface area contributed by atoms with E-state index in [0.29, 0.717) is 38.9 Å². The third kappa shape index (κ3) is 7.08. The van der Waals surface area contributed by atoms with Gasteiger partial charge in [0.1, 0.15) is 12.4 Å². The van der Waals surface area contributed by atoms with E-state index in [4.69, 9.17) is 14.5 Å². The van der Waals surface area contributed by atoms with Gasteiger partial charge in [0.2, 0.25) is 5.75 Å². The number of rotatable bonds is 10. The zero-order valence-electron chi connectivity index (χ0n) is 25.4. The number of aryl methyl sites for hydroxylation is 1. The molecule has 0 radical (unpaired) electrons. The summed E-state index contributed by atoms with van der Waals surface area (Å²) in [5, 5.41) is 17.1. The van der Waals surface area contributed by atoms with Gasteiger partial charge in [-0.05, 0) is 73.4 Å². The summed E-state index contributed by atoms with van der Waals surface area (Å²) in [5.41, 5.74) is 3.50. The molecular formula is C34H29Br3N4O5. The number of fused-ring (bicyclic) bond motifs is 1. The molecule has 0 aliphatic rings. The topological polar surface area (TPSA) is 109 Å². The fraction of sp³-hybridized carbons (Fsp3) is 0.206. The maximum Gasteiger partial charge on any atom is 0.312 e. The van der Waals surface area contributed by atoms with Crippen LogP contribution in [-0.2, 0) is 6.61 Å².